The van der Waals surface area contributed by atoms with Crippen LogP contribution in [0.3, 0.4) is 0 Å². The largest absolute Gasteiger partial charge is 0.408 e. The van der Waals surface area contributed by atoms with Crippen LogP contribution >= 0.6 is 0 Å². The Morgan fingerprint density at radius 3 is 2.56 bits per heavy atom. The van der Waals surface area contributed by atoms with Gasteiger partial charge in [0, 0.05) is 6.54 Å². The van der Waals surface area contributed by atoms with E-state index in [9.17, 15) is 18.3 Å². The van der Waals surface area contributed by atoms with E-state index in [1.54, 1.807) is 6.08 Å². The lowest BCUT2D eigenvalue weighted by atomic mass is 9.97. The molecular formula is C16H24F3N5O. The van der Waals surface area contributed by atoms with E-state index in [0.29, 0.717) is 25.2 Å². The zero-order chi connectivity index (χ0) is 18.4. The molecule has 0 aliphatic heterocycles. The first-order valence-electron chi connectivity index (χ1n) is 8.55. The number of hydrogen-bond acceptors (Lipinski definition) is 6. The summed E-state index contributed by atoms with van der Waals surface area (Å²) in [5.41, 5.74) is 0.726. The highest BCUT2D eigenvalue weighted by atomic mass is 19.4. The van der Waals surface area contributed by atoms with Crippen LogP contribution in [-0.2, 0) is 0 Å². The third kappa shape index (κ3) is 5.55. The predicted molar refractivity (Wildman–Crippen MR) is 90.2 cm³/mol. The molecular weight excluding hydrogens is 335 g/mol. The predicted octanol–water partition coefficient (Wildman–Crippen LogP) is 3.37. The van der Waals surface area contributed by atoms with Crippen molar-refractivity contribution >= 4 is 17.5 Å². The van der Waals surface area contributed by atoms with Gasteiger partial charge in [-0.05, 0) is 43.8 Å². The van der Waals surface area contributed by atoms with Crippen molar-refractivity contribution in [2.45, 2.75) is 64.3 Å². The molecule has 2 atom stereocenters. The zero-order valence-corrected chi connectivity index (χ0v) is 14.4. The molecule has 0 saturated carbocycles. The normalized spacial score (nSPS) is 19.3. The Hall–Kier alpha value is -1.90. The monoisotopic (exact) mass is 359 g/mol. The summed E-state index contributed by atoms with van der Waals surface area (Å²) in [7, 11) is 0. The lowest BCUT2D eigenvalue weighted by Gasteiger charge is -2.21. The molecule has 0 aromatic carbocycles. The molecule has 140 valence electrons. The Morgan fingerprint density at radius 2 is 1.96 bits per heavy atom. The Morgan fingerprint density at radius 1 is 1.24 bits per heavy atom. The number of nitrogens with zero attached hydrogens (tertiary/aromatic N) is 3. The van der Waals surface area contributed by atoms with Crippen LogP contribution in [0.15, 0.2) is 6.08 Å². The molecule has 1 aromatic rings. The number of alkyl halides is 3. The van der Waals surface area contributed by atoms with Gasteiger partial charge in [0.15, 0.2) is 5.82 Å². The molecule has 6 nitrogen and oxygen atoms in total. The fraction of sp³-hybridized carbons (Fsp3) is 0.688. The van der Waals surface area contributed by atoms with Crippen molar-refractivity contribution in [3.8, 4) is 0 Å². The summed E-state index contributed by atoms with van der Waals surface area (Å²) in [6, 6.07) is -1.73. The fourth-order valence-electron chi connectivity index (χ4n) is 2.56. The molecule has 1 heterocycles. The summed E-state index contributed by atoms with van der Waals surface area (Å²) in [6.45, 7) is 4.01. The second-order valence-corrected chi connectivity index (χ2v) is 6.03. The molecule has 1 unspecified atom stereocenters. The van der Waals surface area contributed by atoms with Crippen LogP contribution in [0.2, 0.25) is 0 Å². The molecule has 3 N–H and O–H groups in total. The maximum Gasteiger partial charge on any atom is 0.408 e. The van der Waals surface area contributed by atoms with Crippen LogP contribution in [-0.4, -0.2) is 44.9 Å². The van der Waals surface area contributed by atoms with Crippen LogP contribution < -0.4 is 10.6 Å². The average Bonchev–Trinajstić information content (AvgIpc) is 2.56. The highest BCUT2D eigenvalue weighted by Crippen LogP contribution is 2.28. The van der Waals surface area contributed by atoms with Crippen LogP contribution in [0.5, 0.6) is 0 Å². The molecule has 0 fully saturated rings. The number of anilines is 2. The van der Waals surface area contributed by atoms with E-state index in [2.05, 4.69) is 25.6 Å². The lowest BCUT2D eigenvalue weighted by Crippen LogP contribution is -2.36. The summed E-state index contributed by atoms with van der Waals surface area (Å²) in [4.78, 5) is 12.5. The second kappa shape index (κ2) is 8.46. The molecule has 9 heteroatoms. The number of aromatic nitrogens is 3. The molecule has 0 spiro atoms. The van der Waals surface area contributed by atoms with Gasteiger partial charge in [-0.2, -0.15) is 28.1 Å². The zero-order valence-electron chi connectivity index (χ0n) is 14.4. The first kappa shape index (κ1) is 19.4. The topological polar surface area (TPSA) is 83.0 Å². The van der Waals surface area contributed by atoms with Crippen molar-refractivity contribution < 1.29 is 18.3 Å². The first-order valence-corrected chi connectivity index (χ1v) is 8.55. The van der Waals surface area contributed by atoms with E-state index in [0.717, 1.165) is 18.4 Å². The molecule has 0 radical (unpaired) electrons. The van der Waals surface area contributed by atoms with Gasteiger partial charge in [-0.25, -0.2) is 0 Å². The van der Waals surface area contributed by atoms with Gasteiger partial charge in [0.2, 0.25) is 11.9 Å². The maximum atomic E-state index is 13.0. The molecule has 1 aromatic heterocycles. The molecule has 0 amide bonds. The average molecular weight is 359 g/mol. The van der Waals surface area contributed by atoms with Crippen molar-refractivity contribution in [3.63, 3.8) is 0 Å². The first-order chi connectivity index (χ1) is 11.8. The van der Waals surface area contributed by atoms with Crippen LogP contribution in [0.25, 0.3) is 5.57 Å². The van der Waals surface area contributed by atoms with Gasteiger partial charge in [0.05, 0.1) is 6.10 Å². The van der Waals surface area contributed by atoms with E-state index < -0.39 is 18.3 Å². The standard InChI is InChI=1S/C16H24F3N5O/c1-3-8-20-14-22-13(10-6-5-7-11(25)9-10)23-15(24-14)21-12(4-2)16(17,18)19/h9,11-12,25H,3-8H2,1-2H3,(H2,20,21,22,23,24)/t11?,12-/m1/s1. The molecule has 1 aliphatic rings. The van der Waals surface area contributed by atoms with Gasteiger partial charge < -0.3 is 15.7 Å². The van der Waals surface area contributed by atoms with E-state index in [1.807, 2.05) is 6.92 Å². The Balaban J connectivity index is 2.33. The van der Waals surface area contributed by atoms with E-state index in [4.69, 9.17) is 0 Å². The molecule has 0 saturated heterocycles. The quantitative estimate of drug-likeness (QED) is 0.692. The number of aliphatic hydroxyl groups excluding tert-OH is 1. The van der Waals surface area contributed by atoms with Crippen molar-refractivity contribution in [2.75, 3.05) is 17.2 Å². The second-order valence-electron chi connectivity index (χ2n) is 6.03. The van der Waals surface area contributed by atoms with E-state index in [-0.39, 0.29) is 18.3 Å². The highest BCUT2D eigenvalue weighted by molar-refractivity contribution is 5.63. The van der Waals surface area contributed by atoms with Crippen molar-refractivity contribution in [2.24, 2.45) is 0 Å². The highest BCUT2D eigenvalue weighted by Gasteiger charge is 2.38. The summed E-state index contributed by atoms with van der Waals surface area (Å²) in [5.74, 6) is 0.410. The van der Waals surface area contributed by atoms with Crippen molar-refractivity contribution in [3.05, 3.63) is 11.9 Å². The maximum absolute atomic E-state index is 13.0. The third-order valence-electron chi connectivity index (χ3n) is 3.90. The Labute approximate surface area is 145 Å². The van der Waals surface area contributed by atoms with Crippen LogP contribution in [0, 0.1) is 0 Å². The molecule has 1 aliphatic carbocycles. The Bertz CT molecular complexity index is 606. The van der Waals surface area contributed by atoms with Crippen molar-refractivity contribution in [1.29, 1.82) is 0 Å². The smallest absolute Gasteiger partial charge is 0.389 e. The van der Waals surface area contributed by atoms with Gasteiger partial charge in [-0.1, -0.05) is 13.8 Å². The van der Waals surface area contributed by atoms with E-state index in [1.165, 1.54) is 6.92 Å². The number of halogens is 3. The summed E-state index contributed by atoms with van der Waals surface area (Å²) in [5, 5.41) is 15.1. The minimum atomic E-state index is -4.39. The summed E-state index contributed by atoms with van der Waals surface area (Å²) in [6.07, 6.45) is -0.514. The van der Waals surface area contributed by atoms with Gasteiger partial charge in [0.1, 0.15) is 6.04 Å². The minimum absolute atomic E-state index is 0.117. The number of aliphatic hydroxyl groups is 1. The van der Waals surface area contributed by atoms with Crippen molar-refractivity contribution in [1.82, 2.24) is 15.0 Å². The molecule has 0 bridgehead atoms. The third-order valence-corrected chi connectivity index (χ3v) is 3.90. The molecule has 2 rings (SSSR count). The number of rotatable bonds is 7. The van der Waals surface area contributed by atoms with E-state index >= 15 is 0 Å². The number of allylic oxidation sites excluding steroid dienone is 1. The van der Waals surface area contributed by atoms with Crippen LogP contribution in [0.4, 0.5) is 25.1 Å². The summed E-state index contributed by atoms with van der Waals surface area (Å²) < 4.78 is 39.1. The van der Waals surface area contributed by atoms with Gasteiger partial charge in [0.25, 0.3) is 0 Å². The fourth-order valence-corrected chi connectivity index (χ4v) is 2.56. The molecule has 25 heavy (non-hydrogen) atoms. The minimum Gasteiger partial charge on any atom is -0.389 e. The number of nitrogens with one attached hydrogen (secondary N) is 2. The number of hydrogen-bond donors (Lipinski definition) is 3. The SMILES string of the molecule is CCCNc1nc(N[C@H](CC)C(F)(F)F)nc(C2=CC(O)CCC2)n1. The lowest BCUT2D eigenvalue weighted by molar-refractivity contribution is -0.143. The Kier molecular flexibility index (Phi) is 6.57. The summed E-state index contributed by atoms with van der Waals surface area (Å²) >= 11 is 0. The van der Waals surface area contributed by atoms with Crippen LogP contribution in [0.1, 0.15) is 51.8 Å². The van der Waals surface area contributed by atoms with Gasteiger partial charge in [-0.3, -0.25) is 0 Å². The van der Waals surface area contributed by atoms with Gasteiger partial charge in [-0.15, -0.1) is 0 Å². The van der Waals surface area contributed by atoms with Gasteiger partial charge >= 0.3 is 6.18 Å².